The third-order valence-corrected chi connectivity index (χ3v) is 4.77. The first-order valence-electron chi connectivity index (χ1n) is 8.96. The van der Waals surface area contributed by atoms with Crippen LogP contribution in [0.2, 0.25) is 0 Å². The molecule has 27 heavy (non-hydrogen) atoms. The van der Waals surface area contributed by atoms with Gasteiger partial charge in [0.25, 0.3) is 0 Å². The normalized spacial score (nSPS) is 16.0. The molecule has 136 valence electrons. The van der Waals surface area contributed by atoms with Gasteiger partial charge in [-0.25, -0.2) is 0 Å². The van der Waals surface area contributed by atoms with Gasteiger partial charge in [0.15, 0.2) is 11.5 Å². The molecule has 0 radical (unpaired) electrons. The smallest absolute Gasteiger partial charge is 0.169 e. The van der Waals surface area contributed by atoms with E-state index in [2.05, 4.69) is 6.07 Å². The van der Waals surface area contributed by atoms with E-state index in [1.165, 1.54) is 0 Å². The highest BCUT2D eigenvalue weighted by atomic mass is 16.5. The number of para-hydroxylation sites is 1. The number of nitrogens with zero attached hydrogens (tertiary/aromatic N) is 1. The minimum Gasteiger partial charge on any atom is -0.504 e. The molecule has 1 aliphatic heterocycles. The van der Waals surface area contributed by atoms with Crippen molar-refractivity contribution < 1.29 is 14.6 Å². The minimum atomic E-state index is 0.145. The lowest BCUT2D eigenvalue weighted by Crippen LogP contribution is -2.02. The van der Waals surface area contributed by atoms with Crippen molar-refractivity contribution in [2.45, 2.75) is 12.3 Å². The highest BCUT2D eigenvalue weighted by Gasteiger charge is 2.22. The second-order valence-corrected chi connectivity index (χ2v) is 6.56. The van der Waals surface area contributed by atoms with Crippen molar-refractivity contribution in [3.63, 3.8) is 0 Å². The molecule has 4 nitrogen and oxygen atoms in total. The Labute approximate surface area is 158 Å². The highest BCUT2D eigenvalue weighted by molar-refractivity contribution is 6.02. The molecule has 0 bridgehead atoms. The fraction of sp³-hybridized carbons (Fsp3) is 0.174. The van der Waals surface area contributed by atoms with Crippen molar-refractivity contribution in [1.82, 2.24) is 0 Å². The zero-order valence-corrected chi connectivity index (χ0v) is 15.1. The standard InChI is InChI=1S/C23H21NO3/c1-26-20-9-5-6-17(12-20)21-13-18(15-24-21)16-10-11-23(22(25)14-16)27-19-7-3-2-4-8-19/h2-12,14,18,25H,13,15H2,1H3. The fourth-order valence-corrected chi connectivity index (χ4v) is 3.31. The summed E-state index contributed by atoms with van der Waals surface area (Å²) in [6, 6.07) is 23.0. The molecule has 4 rings (SSSR count). The topological polar surface area (TPSA) is 51.0 Å². The quantitative estimate of drug-likeness (QED) is 0.684. The summed E-state index contributed by atoms with van der Waals surface area (Å²) in [7, 11) is 1.67. The zero-order valence-electron chi connectivity index (χ0n) is 15.1. The number of rotatable bonds is 5. The Morgan fingerprint density at radius 1 is 0.926 bits per heavy atom. The molecule has 0 saturated carbocycles. The van der Waals surface area contributed by atoms with Crippen LogP contribution in [-0.2, 0) is 0 Å². The van der Waals surface area contributed by atoms with Crippen LogP contribution in [0, 0.1) is 0 Å². The average Bonchev–Trinajstić information content (AvgIpc) is 3.21. The number of methoxy groups -OCH3 is 1. The molecule has 0 spiro atoms. The lowest BCUT2D eigenvalue weighted by atomic mass is 9.93. The van der Waals surface area contributed by atoms with Gasteiger partial charge >= 0.3 is 0 Å². The Morgan fingerprint density at radius 3 is 2.52 bits per heavy atom. The summed E-state index contributed by atoms with van der Waals surface area (Å²) in [5, 5.41) is 10.4. The third-order valence-electron chi connectivity index (χ3n) is 4.77. The maximum absolute atomic E-state index is 10.4. The molecule has 3 aromatic carbocycles. The highest BCUT2D eigenvalue weighted by Crippen LogP contribution is 2.36. The van der Waals surface area contributed by atoms with Crippen LogP contribution in [0.4, 0.5) is 0 Å². The van der Waals surface area contributed by atoms with Crippen molar-refractivity contribution >= 4 is 5.71 Å². The number of hydrogen-bond acceptors (Lipinski definition) is 4. The lowest BCUT2D eigenvalue weighted by molar-refractivity contribution is 0.410. The van der Waals surface area contributed by atoms with Crippen molar-refractivity contribution in [2.24, 2.45) is 4.99 Å². The summed E-state index contributed by atoms with van der Waals surface area (Å²) in [6.45, 7) is 0.713. The van der Waals surface area contributed by atoms with Crippen LogP contribution < -0.4 is 9.47 Å². The van der Waals surface area contributed by atoms with Crippen LogP contribution in [0.5, 0.6) is 23.0 Å². The number of phenols is 1. The summed E-state index contributed by atoms with van der Waals surface area (Å²) >= 11 is 0. The SMILES string of the molecule is COc1cccc(C2=NCC(c3ccc(Oc4ccccc4)c(O)c3)C2)c1. The molecular weight excluding hydrogens is 338 g/mol. The second-order valence-electron chi connectivity index (χ2n) is 6.56. The van der Waals surface area contributed by atoms with E-state index in [4.69, 9.17) is 14.5 Å². The van der Waals surface area contributed by atoms with Crippen LogP contribution in [-0.4, -0.2) is 24.5 Å². The molecule has 1 aliphatic rings. The van der Waals surface area contributed by atoms with E-state index in [0.717, 1.165) is 29.0 Å². The number of benzene rings is 3. The molecular formula is C23H21NO3. The Balaban J connectivity index is 1.48. The van der Waals surface area contributed by atoms with E-state index in [1.807, 2.05) is 60.7 Å². The molecule has 0 saturated heterocycles. The van der Waals surface area contributed by atoms with E-state index >= 15 is 0 Å². The molecule has 1 N–H and O–H groups in total. The Hall–Kier alpha value is -3.27. The number of phenolic OH excluding ortho intramolecular Hbond substituents is 1. The van der Waals surface area contributed by atoms with Gasteiger partial charge in [-0.15, -0.1) is 0 Å². The van der Waals surface area contributed by atoms with Gasteiger partial charge in [0.2, 0.25) is 0 Å². The van der Waals surface area contributed by atoms with Gasteiger partial charge in [-0.05, 0) is 53.9 Å². The zero-order chi connectivity index (χ0) is 18.6. The Kier molecular flexibility index (Phi) is 4.79. The van der Waals surface area contributed by atoms with Gasteiger partial charge in [-0.1, -0.05) is 36.4 Å². The van der Waals surface area contributed by atoms with Crippen LogP contribution in [0.25, 0.3) is 0 Å². The summed E-state index contributed by atoms with van der Waals surface area (Å²) in [5.74, 6) is 2.38. The maximum atomic E-state index is 10.4. The first-order valence-corrected chi connectivity index (χ1v) is 8.96. The predicted octanol–water partition coefficient (Wildman–Crippen LogP) is 5.17. The van der Waals surface area contributed by atoms with E-state index in [9.17, 15) is 5.11 Å². The van der Waals surface area contributed by atoms with Crippen LogP contribution in [0.3, 0.4) is 0 Å². The Bertz CT molecular complexity index is 966. The molecule has 3 aromatic rings. The van der Waals surface area contributed by atoms with Gasteiger partial charge < -0.3 is 14.6 Å². The number of hydrogen-bond donors (Lipinski definition) is 1. The minimum absolute atomic E-state index is 0.145. The summed E-state index contributed by atoms with van der Waals surface area (Å²) in [6.07, 6.45) is 0.839. The molecule has 1 atom stereocenters. The first kappa shape index (κ1) is 17.2. The van der Waals surface area contributed by atoms with E-state index < -0.39 is 0 Å². The van der Waals surface area contributed by atoms with Gasteiger partial charge in [0.1, 0.15) is 11.5 Å². The molecule has 0 fully saturated rings. The molecule has 0 aliphatic carbocycles. The van der Waals surface area contributed by atoms with Gasteiger partial charge in [-0.3, -0.25) is 4.99 Å². The first-order chi connectivity index (χ1) is 13.2. The summed E-state index contributed by atoms with van der Waals surface area (Å²) in [4.78, 5) is 4.71. The van der Waals surface area contributed by atoms with Crippen molar-refractivity contribution in [1.29, 1.82) is 0 Å². The van der Waals surface area contributed by atoms with Crippen LogP contribution in [0.15, 0.2) is 77.8 Å². The van der Waals surface area contributed by atoms with Gasteiger partial charge in [0.05, 0.1) is 7.11 Å². The number of aliphatic imine (C=N–C) groups is 1. The molecule has 1 unspecified atom stereocenters. The summed E-state index contributed by atoms with van der Waals surface area (Å²) < 4.78 is 11.1. The molecule has 0 amide bonds. The summed E-state index contributed by atoms with van der Waals surface area (Å²) in [5.41, 5.74) is 3.22. The molecule has 0 aromatic heterocycles. The largest absolute Gasteiger partial charge is 0.504 e. The third kappa shape index (κ3) is 3.80. The van der Waals surface area contributed by atoms with Crippen molar-refractivity contribution in [3.05, 3.63) is 83.9 Å². The maximum Gasteiger partial charge on any atom is 0.169 e. The predicted molar refractivity (Wildman–Crippen MR) is 106 cm³/mol. The van der Waals surface area contributed by atoms with Gasteiger partial charge in [0, 0.05) is 18.2 Å². The second kappa shape index (κ2) is 7.54. The van der Waals surface area contributed by atoms with Crippen molar-refractivity contribution in [3.8, 4) is 23.0 Å². The number of ether oxygens (including phenoxy) is 2. The molecule has 4 heteroatoms. The van der Waals surface area contributed by atoms with E-state index in [1.54, 1.807) is 13.2 Å². The van der Waals surface area contributed by atoms with E-state index in [0.29, 0.717) is 18.0 Å². The van der Waals surface area contributed by atoms with Crippen molar-refractivity contribution in [2.75, 3.05) is 13.7 Å². The van der Waals surface area contributed by atoms with Gasteiger partial charge in [-0.2, -0.15) is 0 Å². The lowest BCUT2D eigenvalue weighted by Gasteiger charge is -2.13. The molecule has 1 heterocycles. The Morgan fingerprint density at radius 2 is 1.74 bits per heavy atom. The number of aromatic hydroxyl groups is 1. The monoisotopic (exact) mass is 359 g/mol. The van der Waals surface area contributed by atoms with Crippen LogP contribution in [0.1, 0.15) is 23.5 Å². The van der Waals surface area contributed by atoms with Crippen LogP contribution >= 0.6 is 0 Å². The van der Waals surface area contributed by atoms with E-state index in [-0.39, 0.29) is 11.7 Å². The fourth-order valence-electron chi connectivity index (χ4n) is 3.31. The average molecular weight is 359 g/mol.